The van der Waals surface area contributed by atoms with Crippen LogP contribution < -0.4 is 5.73 Å². The van der Waals surface area contributed by atoms with Crippen molar-refractivity contribution in [1.82, 2.24) is 0 Å². The van der Waals surface area contributed by atoms with E-state index in [1.807, 2.05) is 25.1 Å². The molecule has 0 aromatic heterocycles. The number of anilines is 1. The maximum absolute atomic E-state index is 10.3. The average molecular weight is 188 g/mol. The number of nitrogens with two attached hydrogens (primary N) is 1. The third-order valence-electron chi connectivity index (χ3n) is 2.80. The first kappa shape index (κ1) is 8.97. The molecule has 0 spiro atoms. The van der Waals surface area contributed by atoms with Crippen LogP contribution in [-0.4, -0.2) is 6.08 Å². The third-order valence-corrected chi connectivity index (χ3v) is 2.80. The number of benzene rings is 1. The van der Waals surface area contributed by atoms with E-state index in [4.69, 9.17) is 5.73 Å². The first-order valence-corrected chi connectivity index (χ1v) is 4.64. The topological polar surface area (TPSA) is 55.5 Å². The van der Waals surface area contributed by atoms with Crippen molar-refractivity contribution in [2.24, 2.45) is 4.99 Å². The Hall–Kier alpha value is -1.60. The van der Waals surface area contributed by atoms with E-state index in [0.717, 1.165) is 29.7 Å². The molecule has 1 aliphatic carbocycles. The SMILES string of the molecule is Cc1ccc(C2(N=C=O)CC2)cc1N. The van der Waals surface area contributed by atoms with Gasteiger partial charge in [-0.15, -0.1) is 0 Å². The van der Waals surface area contributed by atoms with Gasteiger partial charge in [0.1, 0.15) is 0 Å². The van der Waals surface area contributed by atoms with E-state index in [-0.39, 0.29) is 5.54 Å². The number of aryl methyl sites for hydroxylation is 1. The Balaban J connectivity index is 2.42. The lowest BCUT2D eigenvalue weighted by molar-refractivity contribution is 0.556. The number of isocyanates is 1. The Kier molecular flexibility index (Phi) is 1.90. The van der Waals surface area contributed by atoms with Crippen molar-refractivity contribution >= 4 is 11.8 Å². The first-order valence-electron chi connectivity index (χ1n) is 4.64. The van der Waals surface area contributed by atoms with Gasteiger partial charge in [-0.2, -0.15) is 4.99 Å². The number of nitrogens with zero attached hydrogens (tertiary/aromatic N) is 1. The molecule has 0 amide bonds. The van der Waals surface area contributed by atoms with E-state index >= 15 is 0 Å². The Bertz CT molecular complexity index is 415. The fourth-order valence-corrected chi connectivity index (χ4v) is 1.60. The Morgan fingerprint density at radius 1 is 1.50 bits per heavy atom. The monoisotopic (exact) mass is 188 g/mol. The van der Waals surface area contributed by atoms with Crippen LogP contribution in [0, 0.1) is 6.92 Å². The van der Waals surface area contributed by atoms with Crippen molar-refractivity contribution in [2.75, 3.05) is 5.73 Å². The Morgan fingerprint density at radius 2 is 2.21 bits per heavy atom. The van der Waals surface area contributed by atoms with Gasteiger partial charge in [0, 0.05) is 5.69 Å². The molecule has 1 aromatic rings. The molecule has 3 heteroatoms. The average Bonchev–Trinajstić information content (AvgIpc) is 2.91. The van der Waals surface area contributed by atoms with Gasteiger partial charge in [0.05, 0.1) is 5.54 Å². The lowest BCUT2D eigenvalue weighted by Crippen LogP contribution is -2.03. The number of hydrogen-bond donors (Lipinski definition) is 1. The van der Waals surface area contributed by atoms with E-state index in [0.29, 0.717) is 0 Å². The van der Waals surface area contributed by atoms with Gasteiger partial charge in [-0.3, -0.25) is 0 Å². The van der Waals surface area contributed by atoms with Crippen LogP contribution in [0.2, 0.25) is 0 Å². The molecule has 0 aliphatic heterocycles. The molecule has 14 heavy (non-hydrogen) atoms. The summed E-state index contributed by atoms with van der Waals surface area (Å²) in [5.74, 6) is 0. The summed E-state index contributed by atoms with van der Waals surface area (Å²) in [6.07, 6.45) is 3.48. The smallest absolute Gasteiger partial charge is 0.235 e. The number of hydrogen-bond acceptors (Lipinski definition) is 3. The fraction of sp³-hybridized carbons (Fsp3) is 0.364. The molecular weight excluding hydrogens is 176 g/mol. The van der Waals surface area contributed by atoms with Gasteiger partial charge in [0.15, 0.2) is 0 Å². The second-order valence-electron chi connectivity index (χ2n) is 3.81. The molecule has 0 atom stereocenters. The van der Waals surface area contributed by atoms with Gasteiger partial charge in [-0.1, -0.05) is 12.1 Å². The fourth-order valence-electron chi connectivity index (χ4n) is 1.60. The van der Waals surface area contributed by atoms with Crippen LogP contribution in [0.15, 0.2) is 23.2 Å². The lowest BCUT2D eigenvalue weighted by atomic mass is 10.0. The van der Waals surface area contributed by atoms with Crippen LogP contribution in [-0.2, 0) is 10.3 Å². The van der Waals surface area contributed by atoms with Gasteiger partial charge >= 0.3 is 0 Å². The highest BCUT2D eigenvalue weighted by Gasteiger charge is 2.44. The molecule has 0 bridgehead atoms. The second-order valence-corrected chi connectivity index (χ2v) is 3.81. The van der Waals surface area contributed by atoms with Gasteiger partial charge in [0.25, 0.3) is 0 Å². The molecule has 1 aromatic carbocycles. The zero-order valence-corrected chi connectivity index (χ0v) is 8.08. The van der Waals surface area contributed by atoms with E-state index < -0.39 is 0 Å². The van der Waals surface area contributed by atoms with Crippen LogP contribution >= 0.6 is 0 Å². The van der Waals surface area contributed by atoms with Gasteiger partial charge in [-0.25, -0.2) is 4.79 Å². The standard InChI is InChI=1S/C11H12N2O/c1-8-2-3-9(6-10(8)12)11(4-5-11)13-7-14/h2-3,6H,4-5,12H2,1H3. The Labute approximate surface area is 82.6 Å². The van der Waals surface area contributed by atoms with E-state index in [9.17, 15) is 4.79 Å². The molecule has 1 saturated carbocycles. The van der Waals surface area contributed by atoms with Crippen LogP contribution in [0.4, 0.5) is 5.69 Å². The van der Waals surface area contributed by atoms with Crippen molar-refractivity contribution in [3.63, 3.8) is 0 Å². The van der Waals surface area contributed by atoms with E-state index in [1.165, 1.54) is 0 Å². The highest BCUT2D eigenvalue weighted by molar-refractivity contribution is 5.52. The van der Waals surface area contributed by atoms with Crippen molar-refractivity contribution in [2.45, 2.75) is 25.3 Å². The molecule has 72 valence electrons. The predicted octanol–water partition coefficient (Wildman–Crippen LogP) is 1.90. The summed E-state index contributed by atoms with van der Waals surface area (Å²) < 4.78 is 0. The number of rotatable bonds is 2. The molecule has 0 radical (unpaired) electrons. The lowest BCUT2D eigenvalue weighted by Gasteiger charge is -2.09. The minimum Gasteiger partial charge on any atom is -0.399 e. The number of nitrogen functional groups attached to an aromatic ring is 1. The largest absolute Gasteiger partial charge is 0.399 e. The van der Waals surface area contributed by atoms with Gasteiger partial charge < -0.3 is 5.73 Å². The highest BCUT2D eigenvalue weighted by atomic mass is 16.1. The number of carbonyl (C=O) groups excluding carboxylic acids is 1. The van der Waals surface area contributed by atoms with Crippen LogP contribution in [0.1, 0.15) is 24.0 Å². The maximum atomic E-state index is 10.3. The van der Waals surface area contributed by atoms with Crippen molar-refractivity contribution in [3.8, 4) is 0 Å². The molecular formula is C11H12N2O. The third kappa shape index (κ3) is 1.32. The van der Waals surface area contributed by atoms with Gasteiger partial charge in [-0.05, 0) is 37.0 Å². The molecule has 0 saturated heterocycles. The zero-order valence-electron chi connectivity index (χ0n) is 8.08. The quantitative estimate of drug-likeness (QED) is 0.438. The maximum Gasteiger partial charge on any atom is 0.235 e. The van der Waals surface area contributed by atoms with Crippen LogP contribution in [0.5, 0.6) is 0 Å². The van der Waals surface area contributed by atoms with E-state index in [1.54, 1.807) is 6.08 Å². The van der Waals surface area contributed by atoms with Crippen molar-refractivity contribution < 1.29 is 4.79 Å². The number of aliphatic imine (C=N–C) groups is 1. The molecule has 1 aliphatic rings. The second kappa shape index (κ2) is 2.96. The molecule has 1 fully saturated rings. The van der Waals surface area contributed by atoms with Crippen molar-refractivity contribution in [1.29, 1.82) is 0 Å². The van der Waals surface area contributed by atoms with Crippen molar-refractivity contribution in [3.05, 3.63) is 29.3 Å². The molecule has 0 heterocycles. The van der Waals surface area contributed by atoms with Crippen LogP contribution in [0.3, 0.4) is 0 Å². The molecule has 3 nitrogen and oxygen atoms in total. The summed E-state index contributed by atoms with van der Waals surface area (Å²) in [4.78, 5) is 14.1. The normalized spacial score (nSPS) is 17.2. The summed E-state index contributed by atoms with van der Waals surface area (Å²) in [5.41, 5.74) is 8.34. The Morgan fingerprint density at radius 3 is 2.71 bits per heavy atom. The molecule has 2 rings (SSSR count). The molecule has 0 unspecified atom stereocenters. The predicted molar refractivity (Wildman–Crippen MR) is 54.6 cm³/mol. The zero-order chi connectivity index (χ0) is 10.2. The minimum atomic E-state index is -0.302. The summed E-state index contributed by atoms with van der Waals surface area (Å²) >= 11 is 0. The summed E-state index contributed by atoms with van der Waals surface area (Å²) in [7, 11) is 0. The minimum absolute atomic E-state index is 0.302. The van der Waals surface area contributed by atoms with Crippen LogP contribution in [0.25, 0.3) is 0 Å². The summed E-state index contributed by atoms with van der Waals surface area (Å²) in [6.45, 7) is 1.96. The summed E-state index contributed by atoms with van der Waals surface area (Å²) in [5, 5.41) is 0. The van der Waals surface area contributed by atoms with Gasteiger partial charge in [0.2, 0.25) is 6.08 Å². The van der Waals surface area contributed by atoms with E-state index in [2.05, 4.69) is 4.99 Å². The highest BCUT2D eigenvalue weighted by Crippen LogP contribution is 2.49. The summed E-state index contributed by atoms with van der Waals surface area (Å²) in [6, 6.07) is 5.85. The first-order chi connectivity index (χ1) is 6.68. The molecule has 2 N–H and O–H groups in total.